The third-order valence-electron chi connectivity index (χ3n) is 7.24. The van der Waals surface area contributed by atoms with Crippen LogP contribution in [0.3, 0.4) is 0 Å². The van der Waals surface area contributed by atoms with Gasteiger partial charge in [0, 0.05) is 19.2 Å². The Morgan fingerprint density at radius 3 is 2.42 bits per heavy atom. The van der Waals surface area contributed by atoms with Gasteiger partial charge in [-0.25, -0.2) is 13.8 Å². The molecule has 0 unspecified atom stereocenters. The molecule has 3 aliphatic rings. The molecule has 1 amide bonds. The molecule has 2 aromatic rings. The number of nitrogens with one attached hydrogen (secondary N) is 1. The molecule has 0 radical (unpaired) electrons. The van der Waals surface area contributed by atoms with E-state index >= 15 is 0 Å². The lowest BCUT2D eigenvalue weighted by Crippen LogP contribution is -2.48. The number of hydrazone groups is 1. The molecule has 1 N–H and O–H groups in total. The summed E-state index contributed by atoms with van der Waals surface area (Å²) in [5.41, 5.74) is 6.40. The maximum absolute atomic E-state index is 12.8. The number of aryl methyl sites for hydroxylation is 1. The lowest BCUT2D eigenvalue weighted by molar-refractivity contribution is -0.00126. The van der Waals surface area contributed by atoms with Gasteiger partial charge in [0.15, 0.2) is 0 Å². The first-order valence-electron chi connectivity index (χ1n) is 11.2. The van der Waals surface area contributed by atoms with Crippen molar-refractivity contribution in [2.24, 2.45) is 22.4 Å². The lowest BCUT2D eigenvalue weighted by Gasteiger charge is -2.55. The van der Waals surface area contributed by atoms with Gasteiger partial charge in [-0.3, -0.25) is 4.79 Å². The molecule has 174 valence electrons. The van der Waals surface area contributed by atoms with Crippen molar-refractivity contribution in [3.63, 3.8) is 0 Å². The molecule has 2 bridgehead atoms. The van der Waals surface area contributed by atoms with Gasteiger partial charge in [0.05, 0.1) is 11.1 Å². The fourth-order valence-electron chi connectivity index (χ4n) is 4.77. The van der Waals surface area contributed by atoms with Gasteiger partial charge >= 0.3 is 0 Å². The molecular weight excluding hydrogens is 434 g/mol. The van der Waals surface area contributed by atoms with Crippen LogP contribution in [0.15, 0.2) is 70.2 Å². The van der Waals surface area contributed by atoms with Crippen LogP contribution in [0.5, 0.6) is 0 Å². The maximum atomic E-state index is 12.8. The summed E-state index contributed by atoms with van der Waals surface area (Å²) in [6.07, 6.45) is 6.29. The van der Waals surface area contributed by atoms with Crippen LogP contribution in [-0.4, -0.2) is 31.9 Å². The van der Waals surface area contributed by atoms with Crippen molar-refractivity contribution in [2.45, 2.75) is 45.1 Å². The van der Waals surface area contributed by atoms with E-state index in [-0.39, 0.29) is 17.3 Å². The van der Waals surface area contributed by atoms with E-state index in [1.807, 2.05) is 6.92 Å². The molecule has 2 atom stereocenters. The number of rotatable bonds is 7. The molecule has 33 heavy (non-hydrogen) atoms. The fraction of sp³-hybridized carbons (Fsp3) is 0.385. The van der Waals surface area contributed by atoms with E-state index in [0.717, 1.165) is 23.5 Å². The van der Waals surface area contributed by atoms with E-state index < -0.39 is 10.0 Å². The number of allylic oxidation sites excluding steroid dienone is 2. The molecule has 1 saturated carbocycles. The molecule has 0 spiro atoms. The van der Waals surface area contributed by atoms with Gasteiger partial charge in [0.25, 0.3) is 5.91 Å². The molecule has 7 heteroatoms. The second-order valence-corrected chi connectivity index (χ2v) is 11.8. The summed E-state index contributed by atoms with van der Waals surface area (Å²) < 4.78 is 26.9. The first-order valence-corrected chi connectivity index (χ1v) is 12.7. The molecule has 2 aromatic carbocycles. The van der Waals surface area contributed by atoms with E-state index in [4.69, 9.17) is 0 Å². The molecule has 3 aliphatic carbocycles. The van der Waals surface area contributed by atoms with E-state index in [1.165, 1.54) is 16.3 Å². The topological polar surface area (TPSA) is 78.8 Å². The highest BCUT2D eigenvalue weighted by atomic mass is 32.2. The van der Waals surface area contributed by atoms with Gasteiger partial charge in [-0.15, -0.1) is 0 Å². The molecule has 5 rings (SSSR count). The molecule has 6 nitrogen and oxygen atoms in total. The normalized spacial score (nSPS) is 21.5. The van der Waals surface area contributed by atoms with Crippen LogP contribution >= 0.6 is 0 Å². The minimum absolute atomic E-state index is 0.211. The van der Waals surface area contributed by atoms with Crippen molar-refractivity contribution in [1.82, 2.24) is 9.73 Å². The van der Waals surface area contributed by atoms with Crippen LogP contribution in [0.2, 0.25) is 0 Å². The van der Waals surface area contributed by atoms with Gasteiger partial charge in [-0.05, 0) is 72.4 Å². The number of carbonyl (C=O) groups is 1. The Bertz CT molecular complexity index is 1200. The van der Waals surface area contributed by atoms with Crippen molar-refractivity contribution in [2.75, 3.05) is 7.05 Å². The van der Waals surface area contributed by atoms with Crippen molar-refractivity contribution in [1.29, 1.82) is 0 Å². The summed E-state index contributed by atoms with van der Waals surface area (Å²) in [4.78, 5) is 12.7. The highest BCUT2D eigenvalue weighted by Crippen LogP contribution is 2.58. The highest BCUT2D eigenvalue weighted by molar-refractivity contribution is 7.89. The largest absolute Gasteiger partial charge is 0.271 e. The number of amides is 1. The summed E-state index contributed by atoms with van der Waals surface area (Å²) in [6.45, 7) is 6.73. The quantitative estimate of drug-likeness (QED) is 0.482. The highest BCUT2D eigenvalue weighted by Gasteiger charge is 2.50. The number of fused-ring (bicyclic) bond motifs is 1. The first-order chi connectivity index (χ1) is 15.6. The first kappa shape index (κ1) is 23.4. The van der Waals surface area contributed by atoms with Crippen LogP contribution in [0.4, 0.5) is 0 Å². The summed E-state index contributed by atoms with van der Waals surface area (Å²) in [7, 11) is -2.03. The van der Waals surface area contributed by atoms with Gasteiger partial charge in [0.2, 0.25) is 10.0 Å². The number of benzene rings is 2. The molecule has 0 saturated heterocycles. The zero-order chi connectivity index (χ0) is 23.8. The van der Waals surface area contributed by atoms with Crippen molar-refractivity contribution >= 4 is 22.1 Å². The van der Waals surface area contributed by atoms with E-state index in [1.54, 1.807) is 61.8 Å². The number of hydrogen-bond donors (Lipinski definition) is 1. The summed E-state index contributed by atoms with van der Waals surface area (Å²) >= 11 is 0. The van der Waals surface area contributed by atoms with Crippen molar-refractivity contribution in [3.05, 3.63) is 76.9 Å². The van der Waals surface area contributed by atoms with Gasteiger partial charge in [0.1, 0.15) is 0 Å². The van der Waals surface area contributed by atoms with Crippen molar-refractivity contribution in [3.8, 4) is 0 Å². The van der Waals surface area contributed by atoms with Gasteiger partial charge in [-0.2, -0.15) is 9.41 Å². The summed E-state index contributed by atoms with van der Waals surface area (Å²) in [6, 6.07) is 13.7. The molecular formula is C26H31N3O3S. The van der Waals surface area contributed by atoms with E-state index in [0.29, 0.717) is 16.9 Å². The Balaban J connectivity index is 1.34. The molecule has 0 aromatic heterocycles. The van der Waals surface area contributed by atoms with E-state index in [9.17, 15) is 13.2 Å². The monoisotopic (exact) mass is 465 g/mol. The second-order valence-electron chi connectivity index (χ2n) is 9.72. The minimum Gasteiger partial charge on any atom is -0.267 e. The Labute approximate surface area is 196 Å². The van der Waals surface area contributed by atoms with Gasteiger partial charge < -0.3 is 0 Å². The minimum atomic E-state index is -3.58. The Kier molecular flexibility index (Phi) is 6.29. The molecule has 0 heterocycles. The zero-order valence-electron chi connectivity index (χ0n) is 19.6. The Hall–Kier alpha value is -2.77. The number of carbonyl (C=O) groups excluding carboxylic acids is 1. The van der Waals surface area contributed by atoms with Crippen LogP contribution < -0.4 is 5.43 Å². The maximum Gasteiger partial charge on any atom is 0.271 e. The zero-order valence-corrected chi connectivity index (χ0v) is 20.4. The number of sulfonamides is 1. The Morgan fingerprint density at radius 1 is 1.15 bits per heavy atom. The standard InChI is InChI=1S/C26H31N3O3S/c1-18-5-13-23(14-6-18)33(31,32)29(4)17-19-7-9-20(10-8-19)25(30)28-27-16-21-11-12-22-15-24(21)26(22,2)3/h5-11,13-14,16,22,24H,12,15,17H2,1-4H3,(H,28,30)/b27-16-/t22-,24-/m0/s1. The van der Waals surface area contributed by atoms with Crippen LogP contribution in [-0.2, 0) is 16.6 Å². The third-order valence-corrected chi connectivity index (χ3v) is 9.06. The summed E-state index contributed by atoms with van der Waals surface area (Å²) in [5, 5.41) is 4.17. The van der Waals surface area contributed by atoms with Crippen LogP contribution in [0.25, 0.3) is 0 Å². The smallest absolute Gasteiger partial charge is 0.267 e. The van der Waals surface area contributed by atoms with Crippen molar-refractivity contribution < 1.29 is 13.2 Å². The predicted octanol–water partition coefficient (Wildman–Crippen LogP) is 4.52. The predicted molar refractivity (Wildman–Crippen MR) is 130 cm³/mol. The molecule has 0 aliphatic heterocycles. The average Bonchev–Trinajstić information content (AvgIpc) is 2.79. The van der Waals surface area contributed by atoms with Crippen LogP contribution in [0, 0.1) is 24.2 Å². The average molecular weight is 466 g/mol. The Morgan fingerprint density at radius 2 is 1.82 bits per heavy atom. The molecule has 1 fully saturated rings. The summed E-state index contributed by atoms with van der Waals surface area (Å²) in [5.74, 6) is 0.989. The second kappa shape index (κ2) is 8.88. The SMILES string of the molecule is Cc1ccc(S(=O)(=O)N(C)Cc2ccc(C(=O)N/N=C\C3=CC[C@H]4C[C@@H]3C4(C)C)cc2)cc1. The van der Waals surface area contributed by atoms with Gasteiger partial charge in [-0.1, -0.05) is 49.8 Å². The lowest BCUT2D eigenvalue weighted by atomic mass is 9.49. The number of hydrogen-bond acceptors (Lipinski definition) is 4. The van der Waals surface area contributed by atoms with Crippen LogP contribution in [0.1, 0.15) is 48.2 Å². The number of nitrogens with zero attached hydrogens (tertiary/aromatic N) is 2. The third kappa shape index (κ3) is 4.66. The fourth-order valence-corrected chi connectivity index (χ4v) is 5.93. The van der Waals surface area contributed by atoms with E-state index in [2.05, 4.69) is 30.5 Å².